The van der Waals surface area contributed by atoms with Crippen LogP contribution in [0.15, 0.2) is 0 Å². The molecule has 8 heteroatoms. The van der Waals surface area contributed by atoms with Gasteiger partial charge in [0.05, 0.1) is 12.1 Å². The van der Waals surface area contributed by atoms with E-state index in [9.17, 15) is 27.2 Å². The Bertz CT molecular complexity index is 591. The van der Waals surface area contributed by atoms with Gasteiger partial charge in [-0.1, -0.05) is 0 Å². The van der Waals surface area contributed by atoms with Gasteiger partial charge in [-0.25, -0.2) is 17.6 Å². The maximum atomic E-state index is 13.5. The molecule has 0 radical (unpaired) electrons. The highest BCUT2D eigenvalue weighted by Gasteiger charge is 2.58. The molecule has 0 aromatic carbocycles. The van der Waals surface area contributed by atoms with Crippen LogP contribution in [0.2, 0.25) is 0 Å². The predicted molar refractivity (Wildman–Crippen MR) is 103 cm³/mol. The number of likely N-dealkylation sites (tertiary alicyclic amines) is 2. The number of amides is 2. The summed E-state index contributed by atoms with van der Waals surface area (Å²) in [5.74, 6) is -0.339. The maximum Gasteiger partial charge on any atom is 0.258 e. The molecular formula is C22H32F4N2O2. The number of fused-ring (bicyclic) bond motifs is 3. The molecular weight excluding hydrogens is 400 g/mol. The van der Waals surface area contributed by atoms with Gasteiger partial charge >= 0.3 is 0 Å². The third kappa shape index (κ3) is 3.62. The minimum atomic E-state index is -2.54. The van der Waals surface area contributed by atoms with Gasteiger partial charge in [-0.05, 0) is 77.0 Å². The molecule has 5 aliphatic rings. The van der Waals surface area contributed by atoms with Crippen molar-refractivity contribution in [1.29, 1.82) is 0 Å². The first-order chi connectivity index (χ1) is 14.3. The first-order valence-electron chi connectivity index (χ1n) is 11.5. The summed E-state index contributed by atoms with van der Waals surface area (Å²) in [5, 5.41) is 0. The molecule has 2 amide bonds. The van der Waals surface area contributed by atoms with E-state index >= 15 is 0 Å². The molecule has 2 atom stereocenters. The summed E-state index contributed by atoms with van der Waals surface area (Å²) in [4.78, 5) is 29.5. The smallest absolute Gasteiger partial charge is 0.258 e. The van der Waals surface area contributed by atoms with Crippen molar-refractivity contribution in [2.45, 2.75) is 102 Å². The summed E-state index contributed by atoms with van der Waals surface area (Å²) in [6, 6.07) is -2.01. The van der Waals surface area contributed by atoms with Gasteiger partial charge in [-0.2, -0.15) is 0 Å². The van der Waals surface area contributed by atoms with Gasteiger partial charge in [-0.15, -0.1) is 0 Å². The fourth-order valence-electron chi connectivity index (χ4n) is 6.38. The van der Waals surface area contributed by atoms with Crippen LogP contribution in [0, 0.1) is 10.8 Å². The molecule has 0 N–H and O–H groups in total. The van der Waals surface area contributed by atoms with Gasteiger partial charge in [0, 0.05) is 23.9 Å². The second-order valence-corrected chi connectivity index (χ2v) is 9.85. The van der Waals surface area contributed by atoms with Crippen molar-refractivity contribution >= 4 is 11.8 Å². The van der Waals surface area contributed by atoms with Gasteiger partial charge in [0.2, 0.25) is 11.8 Å². The van der Waals surface area contributed by atoms with E-state index in [-0.39, 0.29) is 11.8 Å². The topological polar surface area (TPSA) is 40.6 Å². The molecule has 2 saturated heterocycles. The Hall–Kier alpha value is -1.34. The second-order valence-electron chi connectivity index (χ2n) is 9.85. The Labute approximate surface area is 175 Å². The quantitative estimate of drug-likeness (QED) is 0.609. The third-order valence-corrected chi connectivity index (χ3v) is 8.36. The molecule has 170 valence electrons. The van der Waals surface area contributed by atoms with Crippen molar-refractivity contribution in [3.8, 4) is 0 Å². The summed E-state index contributed by atoms with van der Waals surface area (Å²) in [7, 11) is 0. The van der Waals surface area contributed by atoms with E-state index in [1.807, 2.05) is 0 Å². The molecule has 5 fully saturated rings. The van der Waals surface area contributed by atoms with Crippen molar-refractivity contribution in [3.63, 3.8) is 0 Å². The van der Waals surface area contributed by atoms with E-state index in [2.05, 4.69) is 0 Å². The van der Waals surface area contributed by atoms with Crippen LogP contribution in [0.3, 0.4) is 0 Å². The highest BCUT2D eigenvalue weighted by Crippen LogP contribution is 2.58. The van der Waals surface area contributed by atoms with E-state index < -0.39 is 35.8 Å². The zero-order valence-corrected chi connectivity index (χ0v) is 17.4. The van der Waals surface area contributed by atoms with Gasteiger partial charge < -0.3 is 9.80 Å². The van der Waals surface area contributed by atoms with Gasteiger partial charge in [0.1, 0.15) is 0 Å². The first-order valence-corrected chi connectivity index (χ1v) is 11.5. The molecule has 0 aromatic rings. The Morgan fingerprint density at radius 1 is 0.633 bits per heavy atom. The number of rotatable bonds is 4. The highest BCUT2D eigenvalue weighted by atomic mass is 19.3. The molecule has 2 unspecified atom stereocenters. The van der Waals surface area contributed by atoms with Crippen LogP contribution in [0.4, 0.5) is 17.6 Å². The van der Waals surface area contributed by atoms with Crippen molar-refractivity contribution in [1.82, 2.24) is 9.80 Å². The zero-order chi connectivity index (χ0) is 21.5. The number of carbonyl (C=O) groups is 2. The molecule has 2 heterocycles. The van der Waals surface area contributed by atoms with Crippen LogP contribution in [0.1, 0.15) is 77.0 Å². The fourth-order valence-corrected chi connectivity index (χ4v) is 6.38. The van der Waals surface area contributed by atoms with E-state index in [4.69, 9.17) is 0 Å². The average molecular weight is 433 g/mol. The van der Waals surface area contributed by atoms with Crippen LogP contribution in [0.5, 0.6) is 0 Å². The summed E-state index contributed by atoms with van der Waals surface area (Å²) in [6.45, 7) is 0.757. The standard InChI is InChI=1S/C22H32F4N2O2/c23-17(24)15-5-1-3-13-27(15)19(29)21-7-10-22(11-8-21,12-9-21)20(30)28-14-4-2-6-16(28)18(25)26/h15-18H,1-14H2. The lowest BCUT2D eigenvalue weighted by molar-refractivity contribution is -0.171. The molecule has 3 saturated carbocycles. The van der Waals surface area contributed by atoms with Crippen LogP contribution in [-0.2, 0) is 9.59 Å². The van der Waals surface area contributed by atoms with Crippen LogP contribution in [-0.4, -0.2) is 59.6 Å². The highest BCUT2D eigenvalue weighted by molar-refractivity contribution is 5.87. The third-order valence-electron chi connectivity index (χ3n) is 8.36. The normalized spacial score (nSPS) is 37.1. The molecule has 2 aliphatic heterocycles. The van der Waals surface area contributed by atoms with E-state index in [0.29, 0.717) is 77.3 Å². The average Bonchev–Trinajstić information content (AvgIpc) is 2.79. The van der Waals surface area contributed by atoms with E-state index in [0.717, 1.165) is 12.8 Å². The van der Waals surface area contributed by atoms with Gasteiger partial charge in [-0.3, -0.25) is 9.59 Å². The number of alkyl halides is 4. The molecule has 2 bridgehead atoms. The Balaban J connectivity index is 1.47. The molecule has 30 heavy (non-hydrogen) atoms. The summed E-state index contributed by atoms with van der Waals surface area (Å²) in [5.41, 5.74) is -1.31. The molecule has 0 aromatic heterocycles. The van der Waals surface area contributed by atoms with Crippen LogP contribution < -0.4 is 0 Å². The van der Waals surface area contributed by atoms with Gasteiger partial charge in [0.15, 0.2) is 0 Å². The minimum absolute atomic E-state index is 0.170. The number of carbonyl (C=O) groups excluding carboxylic acids is 2. The number of hydrogen-bond donors (Lipinski definition) is 0. The van der Waals surface area contributed by atoms with Crippen molar-refractivity contribution in [2.24, 2.45) is 10.8 Å². The van der Waals surface area contributed by atoms with Crippen LogP contribution in [0.25, 0.3) is 0 Å². The molecule has 3 aliphatic carbocycles. The maximum absolute atomic E-state index is 13.5. The largest absolute Gasteiger partial charge is 0.333 e. The fraction of sp³-hybridized carbons (Fsp3) is 0.909. The van der Waals surface area contributed by atoms with E-state index in [1.54, 1.807) is 0 Å². The number of nitrogens with zero attached hydrogens (tertiary/aromatic N) is 2. The minimum Gasteiger partial charge on any atom is -0.333 e. The second kappa shape index (κ2) is 8.30. The van der Waals surface area contributed by atoms with Gasteiger partial charge in [0.25, 0.3) is 12.9 Å². The Morgan fingerprint density at radius 2 is 0.967 bits per heavy atom. The first kappa shape index (κ1) is 21.9. The predicted octanol–water partition coefficient (Wildman–Crippen LogP) is 4.62. The lowest BCUT2D eigenvalue weighted by atomic mass is 9.52. The Morgan fingerprint density at radius 3 is 1.27 bits per heavy atom. The van der Waals surface area contributed by atoms with Crippen molar-refractivity contribution in [3.05, 3.63) is 0 Å². The van der Waals surface area contributed by atoms with Crippen molar-refractivity contribution in [2.75, 3.05) is 13.1 Å². The number of halogens is 4. The number of piperidine rings is 2. The SMILES string of the molecule is O=C(N1CCCCC1C(F)F)C12CCC(C(=O)N3CCCCC3C(F)F)(CC1)CC2. The lowest BCUT2D eigenvalue weighted by Crippen LogP contribution is -2.60. The summed E-state index contributed by atoms with van der Waals surface area (Å²) >= 11 is 0. The lowest BCUT2D eigenvalue weighted by Gasteiger charge is -2.55. The van der Waals surface area contributed by atoms with Crippen molar-refractivity contribution < 1.29 is 27.2 Å². The monoisotopic (exact) mass is 432 g/mol. The Kier molecular flexibility index (Phi) is 6.05. The molecule has 5 rings (SSSR count). The zero-order valence-electron chi connectivity index (χ0n) is 17.4. The number of hydrogen-bond acceptors (Lipinski definition) is 2. The summed E-state index contributed by atoms with van der Waals surface area (Å²) < 4.78 is 54.0. The summed E-state index contributed by atoms with van der Waals surface area (Å²) in [6.07, 6.45) is 1.51. The molecule has 4 nitrogen and oxygen atoms in total. The molecule has 0 spiro atoms. The van der Waals surface area contributed by atoms with Crippen LogP contribution >= 0.6 is 0 Å². The van der Waals surface area contributed by atoms with E-state index in [1.165, 1.54) is 9.80 Å².